The summed E-state index contributed by atoms with van der Waals surface area (Å²) in [6.07, 6.45) is 5.66. The topological polar surface area (TPSA) is 74.3 Å². The van der Waals surface area contributed by atoms with Crippen LogP contribution >= 0.6 is 11.3 Å². The number of thiophene rings is 1. The number of anilines is 1. The fraction of sp³-hybridized carbons (Fsp3) is 0.421. The number of hydrogen-bond acceptors (Lipinski definition) is 6. The Morgan fingerprint density at radius 3 is 3.11 bits per heavy atom. The average Bonchev–Trinajstić information content (AvgIpc) is 3.39. The number of ether oxygens (including phenoxy) is 1. The number of aromatic amines is 1. The Morgan fingerprint density at radius 1 is 1.48 bits per heavy atom. The van der Waals surface area contributed by atoms with Gasteiger partial charge in [0.15, 0.2) is 5.06 Å². The van der Waals surface area contributed by atoms with Crippen LogP contribution < -0.4 is 9.64 Å². The summed E-state index contributed by atoms with van der Waals surface area (Å²) in [4.78, 5) is 29.3. The number of methoxy groups -OCH3 is 1. The highest BCUT2D eigenvalue weighted by atomic mass is 32.1. The molecule has 4 heterocycles. The van der Waals surface area contributed by atoms with E-state index in [1.54, 1.807) is 13.4 Å². The highest BCUT2D eigenvalue weighted by Crippen LogP contribution is 2.50. The zero-order valence-corrected chi connectivity index (χ0v) is 16.1. The van der Waals surface area contributed by atoms with Crippen LogP contribution in [0.3, 0.4) is 0 Å². The van der Waals surface area contributed by atoms with Gasteiger partial charge in [0.25, 0.3) is 5.91 Å². The van der Waals surface area contributed by atoms with E-state index in [0.29, 0.717) is 11.5 Å². The second-order valence-corrected chi connectivity index (χ2v) is 8.25. The van der Waals surface area contributed by atoms with Gasteiger partial charge >= 0.3 is 0 Å². The van der Waals surface area contributed by atoms with Crippen LogP contribution in [0, 0.1) is 5.92 Å². The van der Waals surface area contributed by atoms with Gasteiger partial charge in [0, 0.05) is 43.7 Å². The monoisotopic (exact) mass is 383 g/mol. The third-order valence-electron chi connectivity index (χ3n) is 6.22. The molecule has 3 aromatic rings. The van der Waals surface area contributed by atoms with E-state index in [4.69, 9.17) is 4.74 Å². The van der Waals surface area contributed by atoms with Crippen molar-refractivity contribution in [1.82, 2.24) is 19.9 Å². The van der Waals surface area contributed by atoms with Gasteiger partial charge in [0.1, 0.15) is 17.8 Å². The summed E-state index contributed by atoms with van der Waals surface area (Å²) in [7, 11) is 3.57. The quantitative estimate of drug-likeness (QED) is 0.750. The van der Waals surface area contributed by atoms with Crippen molar-refractivity contribution in [3.63, 3.8) is 0 Å². The number of likely N-dealkylation sites (N-methyl/N-ethyl adjacent to an activating group) is 1. The zero-order valence-electron chi connectivity index (χ0n) is 15.3. The summed E-state index contributed by atoms with van der Waals surface area (Å²) < 4.78 is 5.24. The molecule has 1 aliphatic carbocycles. The minimum atomic E-state index is -0.125. The average molecular weight is 383 g/mol. The summed E-state index contributed by atoms with van der Waals surface area (Å²) in [5.74, 6) is 1.49. The van der Waals surface area contributed by atoms with E-state index in [0.717, 1.165) is 47.8 Å². The molecule has 5 rings (SSSR count). The molecule has 0 aromatic carbocycles. The Morgan fingerprint density at radius 2 is 2.37 bits per heavy atom. The molecule has 7 nitrogen and oxygen atoms in total. The number of nitrogens with zero attached hydrogens (tertiary/aromatic N) is 4. The number of hydrogen-bond donors (Lipinski definition) is 1. The molecule has 140 valence electrons. The molecule has 0 spiro atoms. The van der Waals surface area contributed by atoms with Gasteiger partial charge in [0.2, 0.25) is 0 Å². The van der Waals surface area contributed by atoms with Crippen LogP contribution in [-0.4, -0.2) is 58.5 Å². The third-order valence-corrected chi connectivity index (χ3v) is 7.11. The molecule has 1 aliphatic heterocycles. The predicted octanol–water partition coefficient (Wildman–Crippen LogP) is 2.77. The summed E-state index contributed by atoms with van der Waals surface area (Å²) in [5.41, 5.74) is 1.43. The standard InChI is InChI=1S/C19H21N5O2S/c1-23(18(25)12-7-15(26-2)27-9-12)19-5-3-13(19)8-24(10-19)17-14-4-6-20-16(14)21-11-22-17/h4,6-7,9,11,13H,3,5,8,10H2,1-2H3,(H,20,21,22). The first kappa shape index (κ1) is 16.6. The van der Waals surface area contributed by atoms with Gasteiger partial charge in [-0.15, -0.1) is 11.3 Å². The minimum absolute atomic E-state index is 0.0654. The highest BCUT2D eigenvalue weighted by molar-refractivity contribution is 7.12. The maximum Gasteiger partial charge on any atom is 0.255 e. The van der Waals surface area contributed by atoms with E-state index in [2.05, 4.69) is 19.9 Å². The second kappa shape index (κ2) is 5.95. The van der Waals surface area contributed by atoms with Gasteiger partial charge < -0.3 is 19.5 Å². The molecule has 1 N–H and O–H groups in total. The largest absolute Gasteiger partial charge is 0.487 e. The van der Waals surface area contributed by atoms with E-state index >= 15 is 0 Å². The van der Waals surface area contributed by atoms with Gasteiger partial charge in [-0.05, 0) is 18.9 Å². The molecule has 0 radical (unpaired) electrons. The molecule has 1 saturated carbocycles. The van der Waals surface area contributed by atoms with Crippen LogP contribution in [0.1, 0.15) is 23.2 Å². The van der Waals surface area contributed by atoms with E-state index in [9.17, 15) is 4.79 Å². The van der Waals surface area contributed by atoms with E-state index in [1.165, 1.54) is 11.3 Å². The zero-order chi connectivity index (χ0) is 18.6. The first-order valence-electron chi connectivity index (χ1n) is 9.06. The fourth-order valence-electron chi connectivity index (χ4n) is 4.56. The van der Waals surface area contributed by atoms with Crippen LogP contribution in [0.5, 0.6) is 5.06 Å². The Labute approximate surface area is 161 Å². The van der Waals surface area contributed by atoms with Gasteiger partial charge in [-0.1, -0.05) is 0 Å². The number of rotatable bonds is 4. The van der Waals surface area contributed by atoms with Gasteiger partial charge in [-0.2, -0.15) is 0 Å². The molecule has 2 aliphatic rings. The summed E-state index contributed by atoms with van der Waals surface area (Å²) >= 11 is 1.45. The number of amides is 1. The molecular weight excluding hydrogens is 362 g/mol. The van der Waals surface area contributed by atoms with Crippen molar-refractivity contribution in [3.8, 4) is 5.06 Å². The first-order chi connectivity index (χ1) is 13.1. The molecular formula is C19H21N5O2S. The summed E-state index contributed by atoms with van der Waals surface area (Å²) in [6, 6.07) is 3.85. The Hall–Kier alpha value is -2.61. The number of carbonyl (C=O) groups excluding carboxylic acids is 1. The number of H-pyrrole nitrogens is 1. The van der Waals surface area contributed by atoms with E-state index < -0.39 is 0 Å². The number of carbonyl (C=O) groups is 1. The minimum Gasteiger partial charge on any atom is -0.487 e. The van der Waals surface area contributed by atoms with Crippen molar-refractivity contribution < 1.29 is 9.53 Å². The first-order valence-corrected chi connectivity index (χ1v) is 9.94. The maximum atomic E-state index is 13.1. The smallest absolute Gasteiger partial charge is 0.255 e. The third kappa shape index (κ3) is 2.36. The van der Waals surface area contributed by atoms with Crippen LogP contribution in [0.15, 0.2) is 30.0 Å². The summed E-state index contributed by atoms with van der Waals surface area (Å²) in [5, 5.41) is 3.67. The van der Waals surface area contributed by atoms with Crippen molar-refractivity contribution in [2.45, 2.75) is 18.4 Å². The highest BCUT2D eigenvalue weighted by Gasteiger charge is 2.57. The van der Waals surface area contributed by atoms with Crippen LogP contribution in [0.2, 0.25) is 0 Å². The van der Waals surface area contributed by atoms with E-state index in [-0.39, 0.29) is 11.4 Å². The Kier molecular flexibility index (Phi) is 3.65. The lowest BCUT2D eigenvalue weighted by atomic mass is 9.68. The molecule has 3 aromatic heterocycles. The second-order valence-electron chi connectivity index (χ2n) is 7.38. The lowest BCUT2D eigenvalue weighted by Gasteiger charge is -2.50. The molecule has 8 heteroatoms. The number of nitrogens with one attached hydrogen (secondary N) is 1. The van der Waals surface area contributed by atoms with Crippen molar-refractivity contribution >= 4 is 34.1 Å². The molecule has 2 unspecified atom stereocenters. The molecule has 2 fully saturated rings. The molecule has 27 heavy (non-hydrogen) atoms. The van der Waals surface area contributed by atoms with Crippen molar-refractivity contribution in [3.05, 3.63) is 35.6 Å². The normalized spacial score (nSPS) is 23.9. The SMILES string of the molecule is COc1cc(C(=O)N(C)C23CCC2CN(c2ncnc4[nH]ccc24)C3)cs1. The maximum absolute atomic E-state index is 13.1. The van der Waals surface area contributed by atoms with Crippen molar-refractivity contribution in [1.29, 1.82) is 0 Å². The lowest BCUT2D eigenvalue weighted by molar-refractivity contribution is 0.0121. The van der Waals surface area contributed by atoms with Crippen LogP contribution in [0.25, 0.3) is 11.0 Å². The van der Waals surface area contributed by atoms with Gasteiger partial charge in [-0.25, -0.2) is 9.97 Å². The number of fused-ring (bicyclic) bond motifs is 2. The molecule has 1 amide bonds. The van der Waals surface area contributed by atoms with Crippen molar-refractivity contribution in [2.24, 2.45) is 5.92 Å². The van der Waals surface area contributed by atoms with Crippen LogP contribution in [-0.2, 0) is 0 Å². The van der Waals surface area contributed by atoms with Gasteiger partial charge in [0.05, 0.1) is 23.6 Å². The predicted molar refractivity (Wildman–Crippen MR) is 105 cm³/mol. The van der Waals surface area contributed by atoms with E-state index in [1.807, 2.05) is 35.7 Å². The Bertz CT molecular complexity index is 1010. The van der Waals surface area contributed by atoms with Crippen LogP contribution in [0.4, 0.5) is 5.82 Å². The van der Waals surface area contributed by atoms with Gasteiger partial charge in [-0.3, -0.25) is 4.79 Å². The number of aromatic nitrogens is 3. The summed E-state index contributed by atoms with van der Waals surface area (Å²) in [6.45, 7) is 1.72. The molecule has 0 bridgehead atoms. The van der Waals surface area contributed by atoms with Crippen molar-refractivity contribution in [2.75, 3.05) is 32.1 Å². The molecule has 1 saturated heterocycles. The lowest BCUT2D eigenvalue weighted by Crippen LogP contribution is -2.60. The fourth-order valence-corrected chi connectivity index (χ4v) is 5.27. The molecule has 2 atom stereocenters. The Balaban J connectivity index is 1.43.